The van der Waals surface area contributed by atoms with Crippen molar-refractivity contribution in [3.8, 4) is 101 Å². The van der Waals surface area contributed by atoms with E-state index >= 15 is 0 Å². The molecule has 0 spiro atoms. The van der Waals surface area contributed by atoms with E-state index in [2.05, 4.69) is 242 Å². The van der Waals surface area contributed by atoms with Crippen molar-refractivity contribution in [3.63, 3.8) is 0 Å². The normalized spacial score (nSPS) is 13.7. The van der Waals surface area contributed by atoms with Gasteiger partial charge in [-0.15, -0.1) is 0 Å². The third kappa shape index (κ3) is 21.4. The van der Waals surface area contributed by atoms with E-state index in [0.29, 0.717) is 17.5 Å². The average Bonchev–Trinajstić information content (AvgIpc) is 1.58. The minimum Gasteiger partial charge on any atom is -0.208 e. The molecule has 1 aromatic heterocycles. The summed E-state index contributed by atoms with van der Waals surface area (Å²) in [5, 5.41) is 0. The van der Waals surface area contributed by atoms with Crippen molar-refractivity contribution >= 4 is 0 Å². The number of benzene rings is 9. The van der Waals surface area contributed by atoms with Crippen LogP contribution in [-0.4, -0.2) is 15.0 Å². The van der Waals surface area contributed by atoms with Crippen LogP contribution in [0.2, 0.25) is 0 Å². The van der Waals surface area contributed by atoms with Crippen LogP contribution in [0.3, 0.4) is 0 Å². The smallest absolute Gasteiger partial charge is 0.164 e. The van der Waals surface area contributed by atoms with Crippen molar-refractivity contribution in [2.45, 2.75) is 366 Å². The molecule has 0 radical (unpaired) electrons. The Kier molecular flexibility index (Phi) is 33.3. The van der Waals surface area contributed by atoms with Gasteiger partial charge in [0.05, 0.1) is 0 Å². The van der Waals surface area contributed by atoms with Crippen LogP contribution in [0, 0.1) is 0 Å². The SMILES string of the molecule is CCCCCCCCCC1(CCCCCCCCC)c2ccccc2-c2ccc(-c3ccc(-c4nc(-c5ccc(-c6ccc7c(c6)C(CCCCCCCCC)(CCCCCCCCC)c6ccccc6-7)cc5)nc(-c5ccc(-c6ccc7c(c6)C(CCCCCCCCC)(CCCCCCCCC)c6ccccc6-7)cc5)n4)cc3)cc21. The summed E-state index contributed by atoms with van der Waals surface area (Å²) in [7, 11) is 0. The molecule has 10 aromatic rings. The van der Waals surface area contributed by atoms with E-state index in [1.165, 1.54) is 375 Å². The molecule has 0 saturated carbocycles. The predicted octanol–water partition coefficient (Wildman–Crippen LogP) is 35.5. The van der Waals surface area contributed by atoms with Gasteiger partial charge in [-0.3, -0.25) is 0 Å². The second-order valence-electron chi connectivity index (χ2n) is 36.4. The third-order valence-electron chi connectivity index (χ3n) is 28.1. The lowest BCUT2D eigenvalue weighted by atomic mass is 9.70. The second kappa shape index (κ2) is 44.9. The summed E-state index contributed by atoms with van der Waals surface area (Å²) in [4.78, 5) is 16.5. The van der Waals surface area contributed by atoms with Crippen molar-refractivity contribution in [1.82, 2.24) is 15.0 Å². The summed E-state index contributed by atoms with van der Waals surface area (Å²) in [6.07, 6.45) is 63.1. The van der Waals surface area contributed by atoms with Crippen LogP contribution >= 0.6 is 0 Å². The molecule has 0 atom stereocenters. The highest BCUT2D eigenvalue weighted by atomic mass is 15.0. The van der Waals surface area contributed by atoms with Gasteiger partial charge in [-0.05, 0) is 157 Å². The Balaban J connectivity index is 0.838. The molecule has 618 valence electrons. The number of unbranched alkanes of at least 4 members (excludes halogenated alkanes) is 36. The van der Waals surface area contributed by atoms with Gasteiger partial charge in [0.25, 0.3) is 0 Å². The molecule has 0 unspecified atom stereocenters. The Hall–Kier alpha value is -8.01. The van der Waals surface area contributed by atoms with Crippen LogP contribution in [0.1, 0.15) is 383 Å². The van der Waals surface area contributed by atoms with E-state index < -0.39 is 0 Å². The number of aromatic nitrogens is 3. The Morgan fingerprint density at radius 3 is 0.547 bits per heavy atom. The minimum absolute atomic E-state index is 0.0146. The highest BCUT2D eigenvalue weighted by Gasteiger charge is 2.45. The molecule has 3 nitrogen and oxygen atoms in total. The lowest BCUT2D eigenvalue weighted by Gasteiger charge is -2.33. The van der Waals surface area contributed by atoms with Crippen LogP contribution in [0.25, 0.3) is 101 Å². The quantitative estimate of drug-likeness (QED) is 0.0357. The molecule has 3 aliphatic rings. The van der Waals surface area contributed by atoms with Crippen LogP contribution < -0.4 is 0 Å². The molecule has 3 aliphatic carbocycles. The third-order valence-corrected chi connectivity index (χ3v) is 28.1. The molecule has 0 bridgehead atoms. The van der Waals surface area contributed by atoms with Gasteiger partial charge >= 0.3 is 0 Å². The topological polar surface area (TPSA) is 38.7 Å². The van der Waals surface area contributed by atoms with Crippen LogP contribution in [0.5, 0.6) is 0 Å². The maximum Gasteiger partial charge on any atom is 0.164 e. The lowest BCUT2D eigenvalue weighted by Crippen LogP contribution is -2.25. The monoisotopic (exact) mass is 1560 g/mol. The molecule has 3 heteroatoms. The average molecular weight is 1560 g/mol. The Bertz CT molecular complexity index is 4110. The van der Waals surface area contributed by atoms with Crippen LogP contribution in [-0.2, 0) is 16.2 Å². The zero-order valence-corrected chi connectivity index (χ0v) is 73.8. The maximum atomic E-state index is 5.50. The number of nitrogens with zero attached hydrogens (tertiary/aromatic N) is 3. The summed E-state index contributed by atoms with van der Waals surface area (Å²) in [6, 6.07) is 78.6. The lowest BCUT2D eigenvalue weighted by molar-refractivity contribution is 0.397. The van der Waals surface area contributed by atoms with E-state index in [1.807, 2.05) is 0 Å². The summed E-state index contributed by atoms with van der Waals surface area (Å²) < 4.78 is 0. The van der Waals surface area contributed by atoms with Gasteiger partial charge < -0.3 is 0 Å². The van der Waals surface area contributed by atoms with E-state index in [-0.39, 0.29) is 16.2 Å². The van der Waals surface area contributed by atoms with Crippen molar-refractivity contribution in [2.75, 3.05) is 0 Å². The van der Waals surface area contributed by atoms with E-state index in [9.17, 15) is 0 Å². The number of fused-ring (bicyclic) bond motifs is 9. The highest BCUT2D eigenvalue weighted by molar-refractivity contribution is 5.87. The fourth-order valence-corrected chi connectivity index (χ4v) is 21.4. The summed E-state index contributed by atoms with van der Waals surface area (Å²) in [5.74, 6) is 2.07. The first kappa shape index (κ1) is 86.8. The van der Waals surface area contributed by atoms with Crippen molar-refractivity contribution in [3.05, 3.63) is 234 Å². The molecular weight excluding hydrogens is 1410 g/mol. The largest absolute Gasteiger partial charge is 0.208 e. The minimum atomic E-state index is 0.0146. The Labute approximate surface area is 710 Å². The molecule has 0 fully saturated rings. The molecule has 0 amide bonds. The molecule has 117 heavy (non-hydrogen) atoms. The first-order valence-corrected chi connectivity index (χ1v) is 48.6. The van der Waals surface area contributed by atoms with Gasteiger partial charge in [-0.25, -0.2) is 15.0 Å². The summed E-state index contributed by atoms with van der Waals surface area (Å²) >= 11 is 0. The van der Waals surface area contributed by atoms with Crippen molar-refractivity contribution in [2.24, 2.45) is 0 Å². The van der Waals surface area contributed by atoms with Crippen molar-refractivity contribution in [1.29, 1.82) is 0 Å². The first-order valence-electron chi connectivity index (χ1n) is 48.6. The van der Waals surface area contributed by atoms with Crippen LogP contribution in [0.15, 0.2) is 200 Å². The van der Waals surface area contributed by atoms with Gasteiger partial charge in [0.2, 0.25) is 0 Å². The number of hydrogen-bond acceptors (Lipinski definition) is 3. The number of rotatable bonds is 54. The fourth-order valence-electron chi connectivity index (χ4n) is 21.4. The molecule has 0 N–H and O–H groups in total. The standard InChI is InChI=1S/C114H147N3/c1-7-13-19-25-31-37-49-79-112(80-50-38-32-26-20-14-8-2)103-58-46-43-55-97(103)100-76-73-94(85-106(100)112)88-61-67-91(68-62-88)109-115-110(92-69-63-89(64-70-92)95-74-77-101-98-56-44-47-59-104(98)113(107(101)86-95,81-51-39-33-27-21-15-9-3)82-52-40-34-28-22-16-10-4)117-111(116-109)93-71-65-90(66-72-93)96-75-78-102-99-57-45-48-60-105(99)114(108(102)87-96,83-53-41-35-29-23-17-11-5)84-54-42-36-30-24-18-12-6/h43-48,55-78,85-87H,7-42,49-54,79-84H2,1-6H3. The van der Waals surface area contributed by atoms with Crippen LogP contribution in [0.4, 0.5) is 0 Å². The molecule has 1 heterocycles. The van der Waals surface area contributed by atoms with Gasteiger partial charge in [-0.2, -0.15) is 0 Å². The number of hydrogen-bond donors (Lipinski definition) is 0. The van der Waals surface area contributed by atoms with Gasteiger partial charge in [0, 0.05) is 32.9 Å². The second-order valence-corrected chi connectivity index (χ2v) is 36.4. The van der Waals surface area contributed by atoms with Gasteiger partial charge in [-0.1, -0.05) is 493 Å². The maximum absolute atomic E-state index is 5.50. The van der Waals surface area contributed by atoms with E-state index in [0.717, 1.165) is 16.7 Å². The summed E-state index contributed by atoms with van der Waals surface area (Å²) in [6.45, 7) is 14.0. The van der Waals surface area contributed by atoms with Gasteiger partial charge in [0.1, 0.15) is 0 Å². The Morgan fingerprint density at radius 2 is 0.333 bits per heavy atom. The van der Waals surface area contributed by atoms with Gasteiger partial charge in [0.15, 0.2) is 17.5 Å². The molecule has 9 aromatic carbocycles. The molecule has 0 aliphatic heterocycles. The summed E-state index contributed by atoms with van der Waals surface area (Å²) in [5.41, 5.74) is 28.6. The fraction of sp³-hybridized carbons (Fsp3) is 0.500. The molecule has 13 rings (SSSR count). The molecular formula is C114H147N3. The highest BCUT2D eigenvalue weighted by Crippen LogP contribution is 2.59. The van der Waals surface area contributed by atoms with Crippen molar-refractivity contribution < 1.29 is 0 Å². The predicted molar refractivity (Wildman–Crippen MR) is 507 cm³/mol. The van der Waals surface area contributed by atoms with E-state index in [4.69, 9.17) is 15.0 Å². The zero-order valence-electron chi connectivity index (χ0n) is 73.8. The Morgan fingerprint density at radius 1 is 0.162 bits per heavy atom. The first-order chi connectivity index (χ1) is 57.8. The zero-order chi connectivity index (χ0) is 80.8. The molecule has 0 saturated heterocycles. The van der Waals surface area contributed by atoms with E-state index in [1.54, 1.807) is 33.4 Å².